The topological polar surface area (TPSA) is 71.4 Å². The summed E-state index contributed by atoms with van der Waals surface area (Å²) in [5.74, 6) is 0.797. The monoisotopic (exact) mass is 408 g/mol. The molecule has 0 bridgehead atoms. The van der Waals surface area contributed by atoms with Gasteiger partial charge in [-0.15, -0.1) is 0 Å². The summed E-state index contributed by atoms with van der Waals surface area (Å²) < 4.78 is 11.2. The van der Waals surface area contributed by atoms with Gasteiger partial charge >= 0.3 is 0 Å². The van der Waals surface area contributed by atoms with E-state index in [1.807, 2.05) is 6.07 Å². The van der Waals surface area contributed by atoms with E-state index in [-0.39, 0.29) is 17.7 Å². The predicted octanol–water partition coefficient (Wildman–Crippen LogP) is 4.72. The molecule has 2 aromatic carbocycles. The lowest BCUT2D eigenvalue weighted by Gasteiger charge is -2.12. The molecular weight excluding hydrogens is 395 g/mol. The summed E-state index contributed by atoms with van der Waals surface area (Å²) in [5, 5.41) is 11.1. The first-order chi connectivity index (χ1) is 12.5. The third-order valence-electron chi connectivity index (χ3n) is 3.55. The quantitative estimate of drug-likeness (QED) is 0.701. The second-order valence-electron chi connectivity index (χ2n) is 5.33. The molecule has 1 aliphatic rings. The van der Waals surface area contributed by atoms with Crippen molar-refractivity contribution < 1.29 is 14.3 Å². The Balaban J connectivity index is 1.83. The molecule has 2 aromatic rings. The van der Waals surface area contributed by atoms with E-state index >= 15 is 0 Å². The fourth-order valence-corrected chi connectivity index (χ4v) is 3.45. The van der Waals surface area contributed by atoms with Gasteiger partial charge in [0.1, 0.15) is 6.61 Å². The Bertz CT molecular complexity index is 915. The summed E-state index contributed by atoms with van der Waals surface area (Å²) in [6.45, 7) is 0.242. The van der Waals surface area contributed by atoms with Crippen LogP contribution in [0.4, 0.5) is 0 Å². The van der Waals surface area contributed by atoms with Gasteiger partial charge in [0.2, 0.25) is 0 Å². The Morgan fingerprint density at radius 1 is 1.19 bits per heavy atom. The van der Waals surface area contributed by atoms with E-state index in [2.05, 4.69) is 5.32 Å². The number of nitrogens with one attached hydrogen (secondary N) is 2. The van der Waals surface area contributed by atoms with Gasteiger partial charge in [0.05, 0.1) is 12.0 Å². The summed E-state index contributed by atoms with van der Waals surface area (Å²) in [6, 6.07) is 10.5. The van der Waals surface area contributed by atoms with Crippen molar-refractivity contribution in [2.45, 2.75) is 6.61 Å². The van der Waals surface area contributed by atoms with Crippen LogP contribution in [0.2, 0.25) is 10.0 Å². The largest absolute Gasteiger partial charge is 0.493 e. The first kappa shape index (κ1) is 18.6. The van der Waals surface area contributed by atoms with Crippen LogP contribution in [-0.4, -0.2) is 18.2 Å². The molecule has 0 spiro atoms. The van der Waals surface area contributed by atoms with Gasteiger partial charge in [-0.05, 0) is 47.7 Å². The fraction of sp³-hybridized carbons (Fsp3) is 0.111. The molecule has 8 heteroatoms. The van der Waals surface area contributed by atoms with Crippen LogP contribution in [0, 0.1) is 5.41 Å². The van der Waals surface area contributed by atoms with Crippen molar-refractivity contribution in [3.63, 3.8) is 0 Å². The van der Waals surface area contributed by atoms with Crippen LogP contribution < -0.4 is 14.8 Å². The first-order valence-corrected chi connectivity index (χ1v) is 9.07. The zero-order valence-electron chi connectivity index (χ0n) is 13.6. The maximum atomic E-state index is 11.8. The highest BCUT2D eigenvalue weighted by molar-refractivity contribution is 8.18. The molecule has 1 amide bonds. The minimum absolute atomic E-state index is 0.114. The zero-order valence-corrected chi connectivity index (χ0v) is 16.0. The number of halogens is 2. The van der Waals surface area contributed by atoms with E-state index in [1.165, 1.54) is 0 Å². The Kier molecular flexibility index (Phi) is 5.76. The molecule has 0 unspecified atom stereocenters. The Hall–Kier alpha value is -2.15. The second-order valence-corrected chi connectivity index (χ2v) is 7.22. The lowest BCUT2D eigenvalue weighted by atomic mass is 10.2. The van der Waals surface area contributed by atoms with Gasteiger partial charge in [0.15, 0.2) is 16.7 Å². The van der Waals surface area contributed by atoms with E-state index < -0.39 is 0 Å². The van der Waals surface area contributed by atoms with E-state index in [9.17, 15) is 4.79 Å². The highest BCUT2D eigenvalue weighted by Crippen LogP contribution is 2.32. The molecule has 1 heterocycles. The molecule has 3 rings (SSSR count). The Morgan fingerprint density at radius 2 is 2.00 bits per heavy atom. The molecule has 1 fully saturated rings. The number of carbonyl (C=O) groups excluding carboxylic acids is 1. The van der Waals surface area contributed by atoms with Crippen molar-refractivity contribution in [1.29, 1.82) is 5.41 Å². The SMILES string of the molecule is COc1ccc(/C=C2/SC(=N)NC2=O)cc1OCc1ccc(Cl)cc1Cl. The molecule has 1 aliphatic heterocycles. The number of hydrogen-bond donors (Lipinski definition) is 2. The number of thioether (sulfide) groups is 1. The van der Waals surface area contributed by atoms with Gasteiger partial charge in [-0.3, -0.25) is 10.2 Å². The highest BCUT2D eigenvalue weighted by atomic mass is 35.5. The lowest BCUT2D eigenvalue weighted by molar-refractivity contribution is -0.115. The first-order valence-electron chi connectivity index (χ1n) is 7.50. The number of methoxy groups -OCH3 is 1. The van der Waals surface area contributed by atoms with Crippen molar-refractivity contribution in [3.05, 3.63) is 62.5 Å². The predicted molar refractivity (Wildman–Crippen MR) is 105 cm³/mol. The summed E-state index contributed by atoms with van der Waals surface area (Å²) >= 11 is 13.2. The van der Waals surface area contributed by atoms with Crippen LogP contribution in [0.25, 0.3) is 6.08 Å². The summed E-state index contributed by atoms with van der Waals surface area (Å²) in [7, 11) is 1.55. The van der Waals surface area contributed by atoms with Crippen LogP contribution in [-0.2, 0) is 11.4 Å². The van der Waals surface area contributed by atoms with Crippen molar-refractivity contribution in [2.24, 2.45) is 0 Å². The van der Waals surface area contributed by atoms with Crippen molar-refractivity contribution in [2.75, 3.05) is 7.11 Å². The summed E-state index contributed by atoms with van der Waals surface area (Å²) in [4.78, 5) is 12.2. The fourth-order valence-electron chi connectivity index (χ4n) is 2.28. The molecule has 1 saturated heterocycles. The van der Waals surface area contributed by atoms with Gasteiger partial charge in [0, 0.05) is 15.6 Å². The number of amides is 1. The number of ether oxygens (including phenoxy) is 2. The van der Waals surface area contributed by atoms with E-state index in [4.69, 9.17) is 38.1 Å². The minimum Gasteiger partial charge on any atom is -0.493 e. The van der Waals surface area contributed by atoms with Crippen molar-refractivity contribution in [3.8, 4) is 11.5 Å². The smallest absolute Gasteiger partial charge is 0.264 e. The van der Waals surface area contributed by atoms with Gasteiger partial charge in [-0.1, -0.05) is 35.3 Å². The van der Waals surface area contributed by atoms with Gasteiger partial charge in [-0.2, -0.15) is 0 Å². The van der Waals surface area contributed by atoms with Gasteiger partial charge in [-0.25, -0.2) is 0 Å². The van der Waals surface area contributed by atoms with Gasteiger partial charge < -0.3 is 14.8 Å². The average molecular weight is 409 g/mol. The van der Waals surface area contributed by atoms with Crippen LogP contribution in [0.5, 0.6) is 11.5 Å². The third-order valence-corrected chi connectivity index (χ3v) is 4.96. The Morgan fingerprint density at radius 3 is 2.65 bits per heavy atom. The van der Waals surface area contributed by atoms with Crippen molar-refractivity contribution in [1.82, 2.24) is 5.32 Å². The molecule has 0 aromatic heterocycles. The molecule has 0 saturated carbocycles. The van der Waals surface area contributed by atoms with E-state index in [0.717, 1.165) is 22.9 Å². The number of hydrogen-bond acceptors (Lipinski definition) is 5. The average Bonchev–Trinajstić information content (AvgIpc) is 2.91. The Labute approximate surface area is 164 Å². The second kappa shape index (κ2) is 8.03. The molecule has 5 nitrogen and oxygen atoms in total. The van der Waals surface area contributed by atoms with Gasteiger partial charge in [0.25, 0.3) is 5.91 Å². The van der Waals surface area contributed by atoms with Crippen LogP contribution in [0.15, 0.2) is 41.3 Å². The summed E-state index contributed by atoms with van der Waals surface area (Å²) in [6.07, 6.45) is 1.70. The zero-order chi connectivity index (χ0) is 18.7. The number of rotatable bonds is 5. The standard InChI is InChI=1S/C18H14Cl2N2O3S/c1-24-14-5-2-10(7-16-17(23)22-18(21)26-16)6-15(14)25-9-11-3-4-12(19)8-13(11)20/h2-8H,9H2,1H3,(H2,21,22,23)/b16-7+. The van der Waals surface area contributed by atoms with Crippen LogP contribution >= 0.6 is 35.0 Å². The molecule has 0 radical (unpaired) electrons. The molecule has 0 aliphatic carbocycles. The van der Waals surface area contributed by atoms with Crippen molar-refractivity contribution >= 4 is 52.1 Å². The molecule has 0 atom stereocenters. The van der Waals surface area contributed by atoms with E-state index in [1.54, 1.807) is 43.5 Å². The minimum atomic E-state index is -0.286. The van der Waals surface area contributed by atoms with Crippen LogP contribution in [0.1, 0.15) is 11.1 Å². The molecular formula is C18H14Cl2N2O3S. The summed E-state index contributed by atoms with van der Waals surface area (Å²) in [5.41, 5.74) is 1.55. The maximum absolute atomic E-state index is 11.8. The normalized spacial score (nSPS) is 15.3. The maximum Gasteiger partial charge on any atom is 0.264 e. The van der Waals surface area contributed by atoms with Crippen LogP contribution in [0.3, 0.4) is 0 Å². The number of carbonyl (C=O) groups is 1. The third kappa shape index (κ3) is 4.33. The highest BCUT2D eigenvalue weighted by Gasteiger charge is 2.22. The molecule has 134 valence electrons. The molecule has 26 heavy (non-hydrogen) atoms. The molecule has 2 N–H and O–H groups in total. The number of amidine groups is 1. The lowest BCUT2D eigenvalue weighted by Crippen LogP contribution is -2.18. The van der Waals surface area contributed by atoms with E-state index in [0.29, 0.717) is 26.4 Å². The number of benzene rings is 2.